The third kappa shape index (κ3) is 3.63. The van der Waals surface area contributed by atoms with Crippen molar-refractivity contribution < 1.29 is 14.1 Å². The fourth-order valence-corrected chi connectivity index (χ4v) is 2.09. The fourth-order valence-electron chi connectivity index (χ4n) is 1.54. The Balaban J connectivity index is 2.16. The second kappa shape index (κ2) is 5.96. The molecule has 0 heterocycles. The van der Waals surface area contributed by atoms with E-state index in [0.717, 1.165) is 9.64 Å². The molecular formula is C13H9FINO3. The van der Waals surface area contributed by atoms with Crippen LogP contribution >= 0.6 is 22.6 Å². The van der Waals surface area contributed by atoms with E-state index in [2.05, 4.69) is 22.6 Å². The van der Waals surface area contributed by atoms with Crippen LogP contribution in [0.15, 0.2) is 42.5 Å². The van der Waals surface area contributed by atoms with Crippen molar-refractivity contribution in [2.45, 2.75) is 6.61 Å². The minimum Gasteiger partial charge on any atom is -0.488 e. The quantitative estimate of drug-likeness (QED) is 0.464. The summed E-state index contributed by atoms with van der Waals surface area (Å²) in [6.45, 7) is 0.0820. The van der Waals surface area contributed by atoms with Gasteiger partial charge < -0.3 is 4.74 Å². The Labute approximate surface area is 122 Å². The summed E-state index contributed by atoms with van der Waals surface area (Å²) in [5, 5.41) is 10.6. The molecule has 0 aliphatic carbocycles. The van der Waals surface area contributed by atoms with E-state index in [1.165, 1.54) is 12.1 Å². The Bertz CT molecular complexity index is 619. The zero-order chi connectivity index (χ0) is 13.8. The van der Waals surface area contributed by atoms with Crippen LogP contribution in [-0.2, 0) is 6.61 Å². The van der Waals surface area contributed by atoms with Gasteiger partial charge in [-0.1, -0.05) is 12.1 Å². The smallest absolute Gasteiger partial charge is 0.272 e. The van der Waals surface area contributed by atoms with Crippen molar-refractivity contribution in [3.63, 3.8) is 0 Å². The summed E-state index contributed by atoms with van der Waals surface area (Å²) in [4.78, 5) is 10.0. The average Bonchev–Trinajstić information content (AvgIpc) is 2.37. The van der Waals surface area contributed by atoms with E-state index in [-0.39, 0.29) is 12.3 Å². The molecule has 2 rings (SSSR count). The van der Waals surface area contributed by atoms with Crippen molar-refractivity contribution in [1.82, 2.24) is 0 Å². The molecule has 0 saturated heterocycles. The van der Waals surface area contributed by atoms with Crippen molar-refractivity contribution >= 4 is 28.3 Å². The molecule has 0 aromatic heterocycles. The van der Waals surface area contributed by atoms with Crippen LogP contribution in [0.2, 0.25) is 0 Å². The maximum Gasteiger partial charge on any atom is 0.272 e. The first kappa shape index (κ1) is 13.7. The van der Waals surface area contributed by atoms with Crippen LogP contribution in [0.5, 0.6) is 5.75 Å². The van der Waals surface area contributed by atoms with Crippen LogP contribution in [0, 0.1) is 19.5 Å². The minimum absolute atomic E-state index is 0.0820. The van der Waals surface area contributed by atoms with E-state index in [1.807, 2.05) is 18.2 Å². The van der Waals surface area contributed by atoms with Crippen molar-refractivity contribution in [3.05, 3.63) is 67.5 Å². The molecule has 0 N–H and O–H groups in total. The Hall–Kier alpha value is -1.70. The summed E-state index contributed by atoms with van der Waals surface area (Å²) < 4.78 is 19.7. The topological polar surface area (TPSA) is 52.4 Å². The highest BCUT2D eigenvalue weighted by molar-refractivity contribution is 14.1. The van der Waals surface area contributed by atoms with Gasteiger partial charge in [0.25, 0.3) is 5.69 Å². The fraction of sp³-hybridized carbons (Fsp3) is 0.0769. The maximum absolute atomic E-state index is 13.2. The number of ether oxygens (including phenoxy) is 1. The molecular weight excluding hydrogens is 364 g/mol. The summed E-state index contributed by atoms with van der Waals surface area (Å²) >= 11 is 2.12. The van der Waals surface area contributed by atoms with Gasteiger partial charge in [-0.05, 0) is 46.4 Å². The highest BCUT2D eigenvalue weighted by Crippen LogP contribution is 2.22. The molecule has 0 amide bonds. The van der Waals surface area contributed by atoms with Crippen LogP contribution in [0.25, 0.3) is 0 Å². The second-order valence-electron chi connectivity index (χ2n) is 3.79. The summed E-state index contributed by atoms with van der Waals surface area (Å²) in [6.07, 6.45) is 0. The van der Waals surface area contributed by atoms with E-state index >= 15 is 0 Å². The van der Waals surface area contributed by atoms with Crippen LogP contribution in [0.3, 0.4) is 0 Å². The molecule has 0 aliphatic rings. The van der Waals surface area contributed by atoms with Crippen LogP contribution < -0.4 is 4.74 Å². The number of rotatable bonds is 4. The first-order chi connectivity index (χ1) is 9.06. The number of benzene rings is 2. The van der Waals surface area contributed by atoms with Crippen molar-refractivity contribution in [3.8, 4) is 5.75 Å². The van der Waals surface area contributed by atoms with Gasteiger partial charge in [-0.25, -0.2) is 4.39 Å². The summed E-state index contributed by atoms with van der Waals surface area (Å²) in [6, 6.07) is 10.8. The molecule has 2 aromatic carbocycles. The number of nitro benzene ring substituents is 1. The Morgan fingerprint density at radius 3 is 2.68 bits per heavy atom. The number of para-hydroxylation sites is 1. The molecule has 4 nitrogen and oxygen atoms in total. The SMILES string of the molecule is O=[N+]([O-])c1cc(F)cc(COc2ccccc2I)c1. The van der Waals surface area contributed by atoms with E-state index < -0.39 is 10.7 Å². The van der Waals surface area contributed by atoms with Crippen LogP contribution in [0.1, 0.15) is 5.56 Å². The van der Waals surface area contributed by atoms with Gasteiger partial charge in [0, 0.05) is 6.07 Å². The molecule has 0 unspecified atom stereocenters. The Morgan fingerprint density at radius 2 is 2.00 bits per heavy atom. The molecule has 98 valence electrons. The van der Waals surface area contributed by atoms with Crippen LogP contribution in [0.4, 0.5) is 10.1 Å². The predicted octanol–water partition coefficient (Wildman–Crippen LogP) is 3.92. The monoisotopic (exact) mass is 373 g/mol. The molecule has 0 bridgehead atoms. The lowest BCUT2D eigenvalue weighted by Gasteiger charge is -2.08. The second-order valence-corrected chi connectivity index (χ2v) is 4.96. The van der Waals surface area contributed by atoms with Crippen molar-refractivity contribution in [2.75, 3.05) is 0 Å². The first-order valence-electron chi connectivity index (χ1n) is 5.37. The number of hydrogen-bond acceptors (Lipinski definition) is 3. The van der Waals surface area contributed by atoms with E-state index in [1.54, 1.807) is 6.07 Å². The van der Waals surface area contributed by atoms with E-state index in [0.29, 0.717) is 11.3 Å². The highest BCUT2D eigenvalue weighted by Gasteiger charge is 2.10. The van der Waals surface area contributed by atoms with Gasteiger partial charge in [0.2, 0.25) is 0 Å². The lowest BCUT2D eigenvalue weighted by Crippen LogP contribution is -1.99. The largest absolute Gasteiger partial charge is 0.488 e. The van der Waals surface area contributed by atoms with Gasteiger partial charge >= 0.3 is 0 Å². The third-order valence-electron chi connectivity index (χ3n) is 2.38. The molecule has 6 heteroatoms. The van der Waals surface area contributed by atoms with Crippen molar-refractivity contribution in [2.24, 2.45) is 0 Å². The van der Waals surface area contributed by atoms with Crippen molar-refractivity contribution in [1.29, 1.82) is 0 Å². The molecule has 0 radical (unpaired) electrons. The molecule has 2 aromatic rings. The summed E-state index contributed by atoms with van der Waals surface area (Å²) in [7, 11) is 0. The lowest BCUT2D eigenvalue weighted by atomic mass is 10.2. The number of hydrogen-bond donors (Lipinski definition) is 0. The maximum atomic E-state index is 13.2. The van der Waals surface area contributed by atoms with Gasteiger partial charge in [0.15, 0.2) is 0 Å². The van der Waals surface area contributed by atoms with E-state index in [4.69, 9.17) is 4.74 Å². The Morgan fingerprint density at radius 1 is 1.26 bits per heavy atom. The zero-order valence-electron chi connectivity index (χ0n) is 9.68. The van der Waals surface area contributed by atoms with Gasteiger partial charge in [-0.2, -0.15) is 0 Å². The van der Waals surface area contributed by atoms with Gasteiger partial charge in [-0.3, -0.25) is 10.1 Å². The average molecular weight is 373 g/mol. The molecule has 0 atom stereocenters. The van der Waals surface area contributed by atoms with E-state index in [9.17, 15) is 14.5 Å². The molecule has 19 heavy (non-hydrogen) atoms. The van der Waals surface area contributed by atoms with Gasteiger partial charge in [-0.15, -0.1) is 0 Å². The normalized spacial score (nSPS) is 10.2. The Kier molecular flexibility index (Phi) is 4.31. The predicted molar refractivity (Wildman–Crippen MR) is 76.5 cm³/mol. The molecule has 0 spiro atoms. The highest BCUT2D eigenvalue weighted by atomic mass is 127. The number of nitrogens with zero attached hydrogens (tertiary/aromatic N) is 1. The first-order valence-corrected chi connectivity index (χ1v) is 6.45. The molecule has 0 saturated carbocycles. The van der Waals surface area contributed by atoms with Crippen LogP contribution in [-0.4, -0.2) is 4.92 Å². The molecule has 0 fully saturated rings. The zero-order valence-corrected chi connectivity index (χ0v) is 11.8. The number of non-ortho nitro benzene ring substituents is 1. The van der Waals surface area contributed by atoms with Gasteiger partial charge in [0.1, 0.15) is 18.2 Å². The summed E-state index contributed by atoms with van der Waals surface area (Å²) in [5.41, 5.74) is 0.146. The number of halogens is 2. The van der Waals surface area contributed by atoms with Gasteiger partial charge in [0.05, 0.1) is 14.6 Å². The number of nitro groups is 1. The minimum atomic E-state index is -0.643. The lowest BCUT2D eigenvalue weighted by molar-refractivity contribution is -0.385. The third-order valence-corrected chi connectivity index (χ3v) is 3.28. The molecule has 0 aliphatic heterocycles. The standard InChI is InChI=1S/C13H9FINO3/c14-10-5-9(6-11(7-10)16(17)18)8-19-13-4-2-1-3-12(13)15/h1-7H,8H2. The summed E-state index contributed by atoms with van der Waals surface area (Å²) in [5.74, 6) is 0.0190.